The number of aromatic nitrogens is 5. The van der Waals surface area contributed by atoms with Gasteiger partial charge in [-0.15, -0.1) is 21.5 Å². The molecule has 0 fully saturated rings. The molecule has 0 spiro atoms. The standard InChI is InChI=1S/C20H19N5O3S/c1-26-15-7-4-6-13(10-15)19-22-24-25(23-19)11-14-12-29-20(21-14)16-8-5-9-17(27-2)18(16)28-3/h4-10,12H,11H2,1-3H3. The molecule has 0 aliphatic carbocycles. The van der Waals surface area contributed by atoms with Crippen LogP contribution in [0, 0.1) is 0 Å². The van der Waals surface area contributed by atoms with Crippen LogP contribution in [0.1, 0.15) is 5.69 Å². The van der Waals surface area contributed by atoms with Gasteiger partial charge in [0.1, 0.15) is 17.3 Å². The maximum Gasteiger partial charge on any atom is 0.205 e. The molecule has 9 heteroatoms. The smallest absolute Gasteiger partial charge is 0.205 e. The van der Waals surface area contributed by atoms with E-state index in [-0.39, 0.29) is 0 Å². The average Bonchev–Trinajstić information content (AvgIpc) is 3.43. The van der Waals surface area contributed by atoms with Crippen molar-refractivity contribution in [3.05, 3.63) is 53.5 Å². The van der Waals surface area contributed by atoms with Crippen LogP contribution >= 0.6 is 11.3 Å². The van der Waals surface area contributed by atoms with Gasteiger partial charge >= 0.3 is 0 Å². The van der Waals surface area contributed by atoms with Gasteiger partial charge in [-0.3, -0.25) is 0 Å². The molecule has 0 atom stereocenters. The van der Waals surface area contributed by atoms with Gasteiger partial charge in [-0.2, -0.15) is 4.80 Å². The molecule has 2 aromatic heterocycles. The molecule has 0 amide bonds. The predicted octanol–water partition coefficient (Wildman–Crippen LogP) is 3.54. The number of rotatable bonds is 7. The van der Waals surface area contributed by atoms with Crippen molar-refractivity contribution < 1.29 is 14.2 Å². The number of nitrogens with zero attached hydrogens (tertiary/aromatic N) is 5. The van der Waals surface area contributed by atoms with Gasteiger partial charge in [-0.25, -0.2) is 4.98 Å². The van der Waals surface area contributed by atoms with Crippen LogP contribution < -0.4 is 14.2 Å². The van der Waals surface area contributed by atoms with E-state index in [1.54, 1.807) is 21.3 Å². The van der Waals surface area contributed by atoms with Crippen LogP contribution in [-0.4, -0.2) is 46.5 Å². The quantitative estimate of drug-likeness (QED) is 0.462. The molecule has 29 heavy (non-hydrogen) atoms. The molecule has 0 saturated carbocycles. The summed E-state index contributed by atoms with van der Waals surface area (Å²) >= 11 is 1.53. The second kappa shape index (κ2) is 8.27. The molecular formula is C20H19N5O3S. The topological polar surface area (TPSA) is 84.2 Å². The van der Waals surface area contributed by atoms with Gasteiger partial charge in [0.15, 0.2) is 11.5 Å². The van der Waals surface area contributed by atoms with Crippen LogP contribution in [-0.2, 0) is 6.54 Å². The summed E-state index contributed by atoms with van der Waals surface area (Å²) in [4.78, 5) is 6.23. The van der Waals surface area contributed by atoms with Crippen molar-refractivity contribution in [1.82, 2.24) is 25.2 Å². The zero-order chi connectivity index (χ0) is 20.2. The van der Waals surface area contributed by atoms with Gasteiger partial charge in [-0.05, 0) is 29.5 Å². The first-order valence-electron chi connectivity index (χ1n) is 8.80. The lowest BCUT2D eigenvalue weighted by Gasteiger charge is -2.10. The molecule has 8 nitrogen and oxygen atoms in total. The second-order valence-electron chi connectivity index (χ2n) is 6.06. The Morgan fingerprint density at radius 2 is 1.86 bits per heavy atom. The highest BCUT2D eigenvalue weighted by atomic mass is 32.1. The van der Waals surface area contributed by atoms with Crippen LogP contribution in [0.5, 0.6) is 17.2 Å². The fourth-order valence-corrected chi connectivity index (χ4v) is 3.72. The van der Waals surface area contributed by atoms with Crippen molar-refractivity contribution in [2.75, 3.05) is 21.3 Å². The fourth-order valence-electron chi connectivity index (χ4n) is 2.89. The molecule has 0 radical (unpaired) electrons. The molecule has 0 bridgehead atoms. The Morgan fingerprint density at radius 3 is 2.66 bits per heavy atom. The predicted molar refractivity (Wildman–Crippen MR) is 110 cm³/mol. The molecule has 0 unspecified atom stereocenters. The SMILES string of the molecule is COc1cccc(-c2nnn(Cc3csc(-c4cccc(OC)c4OC)n3)n2)c1. The zero-order valence-electron chi connectivity index (χ0n) is 16.2. The van der Waals surface area contributed by atoms with Crippen LogP contribution in [0.25, 0.3) is 22.0 Å². The van der Waals surface area contributed by atoms with Crippen LogP contribution in [0.2, 0.25) is 0 Å². The molecule has 4 rings (SSSR count). The molecular weight excluding hydrogens is 390 g/mol. The van der Waals surface area contributed by atoms with Gasteiger partial charge in [0.25, 0.3) is 0 Å². The zero-order valence-corrected chi connectivity index (χ0v) is 17.0. The minimum absolute atomic E-state index is 0.416. The van der Waals surface area contributed by atoms with Crippen molar-refractivity contribution >= 4 is 11.3 Å². The van der Waals surface area contributed by atoms with E-state index in [9.17, 15) is 0 Å². The first-order chi connectivity index (χ1) is 14.2. The largest absolute Gasteiger partial charge is 0.497 e. The highest BCUT2D eigenvalue weighted by Gasteiger charge is 2.15. The van der Waals surface area contributed by atoms with Crippen molar-refractivity contribution in [2.45, 2.75) is 6.54 Å². The summed E-state index contributed by atoms with van der Waals surface area (Å²) in [6.45, 7) is 0.416. The third kappa shape index (κ3) is 3.90. The number of para-hydroxylation sites is 1. The first kappa shape index (κ1) is 18.9. The van der Waals surface area contributed by atoms with E-state index < -0.39 is 0 Å². The number of thiazole rings is 1. The lowest BCUT2D eigenvalue weighted by molar-refractivity contribution is 0.356. The third-order valence-corrected chi connectivity index (χ3v) is 5.19. The van der Waals surface area contributed by atoms with Gasteiger partial charge in [-0.1, -0.05) is 18.2 Å². The lowest BCUT2D eigenvalue weighted by atomic mass is 10.2. The van der Waals surface area contributed by atoms with E-state index in [0.717, 1.165) is 27.6 Å². The second-order valence-corrected chi connectivity index (χ2v) is 6.92. The van der Waals surface area contributed by atoms with E-state index >= 15 is 0 Å². The van der Waals surface area contributed by atoms with Gasteiger partial charge in [0.2, 0.25) is 5.82 Å². The number of hydrogen-bond acceptors (Lipinski definition) is 8. The van der Waals surface area contributed by atoms with E-state index in [0.29, 0.717) is 23.9 Å². The fraction of sp³-hybridized carbons (Fsp3) is 0.200. The molecule has 4 aromatic rings. The summed E-state index contributed by atoms with van der Waals surface area (Å²) in [7, 11) is 4.86. The molecule has 148 valence electrons. The van der Waals surface area contributed by atoms with Crippen molar-refractivity contribution in [3.63, 3.8) is 0 Å². The normalized spacial score (nSPS) is 10.7. The van der Waals surface area contributed by atoms with Gasteiger partial charge in [0, 0.05) is 10.9 Å². The van der Waals surface area contributed by atoms with Gasteiger partial charge in [0.05, 0.1) is 32.6 Å². The maximum atomic E-state index is 5.51. The van der Waals surface area contributed by atoms with Crippen molar-refractivity contribution in [2.24, 2.45) is 0 Å². The van der Waals surface area contributed by atoms with Crippen LogP contribution in [0.4, 0.5) is 0 Å². The van der Waals surface area contributed by atoms with E-state index in [2.05, 4.69) is 15.4 Å². The van der Waals surface area contributed by atoms with E-state index in [1.807, 2.05) is 47.8 Å². The monoisotopic (exact) mass is 409 g/mol. The van der Waals surface area contributed by atoms with Crippen LogP contribution in [0.15, 0.2) is 47.8 Å². The van der Waals surface area contributed by atoms with E-state index in [1.165, 1.54) is 16.1 Å². The summed E-state index contributed by atoms with van der Waals surface area (Å²) in [6.07, 6.45) is 0. The highest BCUT2D eigenvalue weighted by Crippen LogP contribution is 2.39. The van der Waals surface area contributed by atoms with Crippen LogP contribution in [0.3, 0.4) is 0 Å². The Kier molecular flexibility index (Phi) is 5.39. The summed E-state index contributed by atoms with van der Waals surface area (Å²) in [5.74, 6) is 2.61. The lowest BCUT2D eigenvalue weighted by Crippen LogP contribution is -2.04. The summed E-state index contributed by atoms with van der Waals surface area (Å²) in [5.41, 5.74) is 2.56. The number of hydrogen-bond donors (Lipinski definition) is 0. The Labute approximate surface area is 171 Å². The van der Waals surface area contributed by atoms with Crippen molar-refractivity contribution in [3.8, 4) is 39.2 Å². The minimum Gasteiger partial charge on any atom is -0.497 e. The Balaban J connectivity index is 1.56. The molecule has 2 heterocycles. The minimum atomic E-state index is 0.416. The molecule has 2 aromatic carbocycles. The number of ether oxygens (including phenoxy) is 3. The number of benzene rings is 2. The summed E-state index contributed by atoms with van der Waals surface area (Å²) in [6, 6.07) is 13.3. The summed E-state index contributed by atoms with van der Waals surface area (Å²) < 4.78 is 16.1. The maximum absolute atomic E-state index is 5.51. The Bertz CT molecular complexity index is 1120. The number of methoxy groups -OCH3 is 3. The first-order valence-corrected chi connectivity index (χ1v) is 9.67. The van der Waals surface area contributed by atoms with E-state index in [4.69, 9.17) is 19.2 Å². The highest BCUT2D eigenvalue weighted by molar-refractivity contribution is 7.13. The third-order valence-electron chi connectivity index (χ3n) is 4.27. The number of tetrazole rings is 1. The Hall–Kier alpha value is -3.46. The molecule has 0 aliphatic rings. The molecule has 0 N–H and O–H groups in total. The molecule has 0 saturated heterocycles. The Morgan fingerprint density at radius 1 is 1.00 bits per heavy atom. The van der Waals surface area contributed by atoms with Gasteiger partial charge < -0.3 is 14.2 Å². The van der Waals surface area contributed by atoms with Crippen molar-refractivity contribution in [1.29, 1.82) is 0 Å². The average molecular weight is 409 g/mol. The molecule has 0 aliphatic heterocycles. The summed E-state index contributed by atoms with van der Waals surface area (Å²) in [5, 5.41) is 15.5.